The predicted molar refractivity (Wildman–Crippen MR) is 81.2 cm³/mol. The van der Waals surface area contributed by atoms with E-state index in [1.807, 2.05) is 6.92 Å². The Morgan fingerprint density at radius 1 is 1.14 bits per heavy atom. The molecule has 0 saturated heterocycles. The lowest BCUT2D eigenvalue weighted by molar-refractivity contribution is -0.131. The molecule has 0 fully saturated rings. The third kappa shape index (κ3) is 2.59. The van der Waals surface area contributed by atoms with Crippen molar-refractivity contribution in [1.82, 2.24) is 0 Å². The molecular formula is C16H18O6. The first-order valence-corrected chi connectivity index (χ1v) is 6.75. The molecule has 0 aliphatic carbocycles. The van der Waals surface area contributed by atoms with Gasteiger partial charge in [0.15, 0.2) is 11.5 Å². The average Bonchev–Trinajstić information content (AvgIpc) is 2.49. The fraction of sp³-hybridized carbons (Fsp3) is 0.312. The molecule has 0 unspecified atom stereocenters. The van der Waals surface area contributed by atoms with Gasteiger partial charge in [-0.2, -0.15) is 0 Å². The zero-order valence-electron chi connectivity index (χ0n) is 12.9. The van der Waals surface area contributed by atoms with Crippen LogP contribution in [0.3, 0.4) is 0 Å². The number of hydrogen-bond acceptors (Lipinski definition) is 6. The van der Waals surface area contributed by atoms with Gasteiger partial charge in [0.1, 0.15) is 5.75 Å². The van der Waals surface area contributed by atoms with E-state index in [0.717, 1.165) is 0 Å². The summed E-state index contributed by atoms with van der Waals surface area (Å²) in [6, 6.07) is 5.14. The van der Waals surface area contributed by atoms with Gasteiger partial charge in [-0.25, -0.2) is 0 Å². The smallest absolute Gasteiger partial charge is 0.308 e. The Bertz CT molecular complexity index is 708. The summed E-state index contributed by atoms with van der Waals surface area (Å²) in [6.07, 6.45) is 0. The lowest BCUT2D eigenvalue weighted by Gasteiger charge is -2.18. The molecule has 0 aromatic heterocycles. The minimum atomic E-state index is -0.515. The number of carbonyl (C=O) groups excluding carboxylic acids is 1. The number of hydrogen-bond donors (Lipinski definition) is 1. The summed E-state index contributed by atoms with van der Waals surface area (Å²) in [5, 5.41) is 11.3. The first-order valence-electron chi connectivity index (χ1n) is 6.75. The number of esters is 1. The number of methoxy groups -OCH3 is 2. The maximum absolute atomic E-state index is 11.5. The monoisotopic (exact) mass is 306 g/mol. The van der Waals surface area contributed by atoms with E-state index in [1.54, 1.807) is 18.2 Å². The van der Waals surface area contributed by atoms with Crippen molar-refractivity contribution in [3.63, 3.8) is 0 Å². The Kier molecular flexibility index (Phi) is 4.60. The number of rotatable bonds is 5. The minimum absolute atomic E-state index is 0.0971. The van der Waals surface area contributed by atoms with E-state index < -0.39 is 5.97 Å². The van der Waals surface area contributed by atoms with Crippen LogP contribution in [0.5, 0.6) is 28.7 Å². The highest BCUT2D eigenvalue weighted by Crippen LogP contribution is 2.52. The van der Waals surface area contributed by atoms with Gasteiger partial charge in [-0.3, -0.25) is 4.79 Å². The molecule has 0 radical (unpaired) electrons. The highest BCUT2D eigenvalue weighted by molar-refractivity contribution is 6.03. The van der Waals surface area contributed by atoms with E-state index in [9.17, 15) is 9.90 Å². The summed E-state index contributed by atoms with van der Waals surface area (Å²) in [5.41, 5.74) is 0. The maximum atomic E-state index is 11.5. The molecule has 0 amide bonds. The Labute approximate surface area is 128 Å². The van der Waals surface area contributed by atoms with Crippen LogP contribution in [0.15, 0.2) is 18.2 Å². The molecule has 2 aromatic carbocycles. The molecule has 0 bridgehead atoms. The molecule has 6 nitrogen and oxygen atoms in total. The van der Waals surface area contributed by atoms with E-state index in [1.165, 1.54) is 21.1 Å². The molecule has 1 N–H and O–H groups in total. The van der Waals surface area contributed by atoms with Gasteiger partial charge in [-0.1, -0.05) is 12.1 Å². The summed E-state index contributed by atoms with van der Waals surface area (Å²) in [6.45, 7) is 3.55. The number of fused-ring (bicyclic) bond motifs is 1. The van der Waals surface area contributed by atoms with Gasteiger partial charge in [-0.05, 0) is 13.0 Å². The zero-order chi connectivity index (χ0) is 16.3. The van der Waals surface area contributed by atoms with Gasteiger partial charge in [0.25, 0.3) is 0 Å². The van der Waals surface area contributed by atoms with E-state index in [-0.39, 0.29) is 23.0 Å². The Morgan fingerprint density at radius 3 is 2.36 bits per heavy atom. The predicted octanol–water partition coefficient (Wildman–Crippen LogP) is 2.89. The van der Waals surface area contributed by atoms with Crippen LogP contribution in [0.4, 0.5) is 0 Å². The van der Waals surface area contributed by atoms with Crippen molar-refractivity contribution in [2.75, 3.05) is 20.8 Å². The van der Waals surface area contributed by atoms with Gasteiger partial charge < -0.3 is 24.1 Å². The molecule has 2 aromatic rings. The molecular weight excluding hydrogens is 288 g/mol. The first kappa shape index (κ1) is 15.8. The lowest BCUT2D eigenvalue weighted by Crippen LogP contribution is -2.06. The second-order valence-corrected chi connectivity index (χ2v) is 4.45. The van der Waals surface area contributed by atoms with Crippen molar-refractivity contribution >= 4 is 16.7 Å². The van der Waals surface area contributed by atoms with Crippen LogP contribution in [-0.2, 0) is 4.79 Å². The van der Waals surface area contributed by atoms with E-state index in [4.69, 9.17) is 18.9 Å². The normalized spacial score (nSPS) is 10.4. The second kappa shape index (κ2) is 6.43. The van der Waals surface area contributed by atoms with Crippen molar-refractivity contribution in [3.8, 4) is 28.7 Å². The van der Waals surface area contributed by atoms with Crippen LogP contribution in [0.1, 0.15) is 13.8 Å². The third-order valence-corrected chi connectivity index (χ3v) is 3.09. The van der Waals surface area contributed by atoms with Crippen LogP contribution in [0.25, 0.3) is 10.8 Å². The van der Waals surface area contributed by atoms with E-state index in [0.29, 0.717) is 23.1 Å². The van der Waals surface area contributed by atoms with Crippen molar-refractivity contribution < 1.29 is 28.8 Å². The van der Waals surface area contributed by atoms with Crippen LogP contribution in [-0.4, -0.2) is 31.9 Å². The van der Waals surface area contributed by atoms with Gasteiger partial charge in [0.2, 0.25) is 11.5 Å². The summed E-state index contributed by atoms with van der Waals surface area (Å²) in [4.78, 5) is 11.5. The number of ether oxygens (including phenoxy) is 4. The molecule has 22 heavy (non-hydrogen) atoms. The van der Waals surface area contributed by atoms with Gasteiger partial charge in [0.05, 0.1) is 26.2 Å². The van der Waals surface area contributed by atoms with Crippen molar-refractivity contribution in [2.45, 2.75) is 13.8 Å². The summed E-state index contributed by atoms with van der Waals surface area (Å²) in [7, 11) is 2.80. The topological polar surface area (TPSA) is 74.2 Å². The van der Waals surface area contributed by atoms with Crippen LogP contribution < -0.4 is 18.9 Å². The quantitative estimate of drug-likeness (QED) is 0.676. The minimum Gasteiger partial charge on any atom is -0.504 e. The Balaban J connectivity index is 2.93. The summed E-state index contributed by atoms with van der Waals surface area (Å²) >= 11 is 0. The van der Waals surface area contributed by atoms with Crippen molar-refractivity contribution in [1.29, 1.82) is 0 Å². The number of benzene rings is 2. The first-order chi connectivity index (χ1) is 10.5. The fourth-order valence-corrected chi connectivity index (χ4v) is 2.30. The number of phenolic OH excluding ortho intramolecular Hbond substituents is 1. The molecule has 0 aliphatic heterocycles. The van der Waals surface area contributed by atoms with Crippen molar-refractivity contribution in [3.05, 3.63) is 18.2 Å². The lowest BCUT2D eigenvalue weighted by atomic mass is 10.1. The molecule has 0 saturated carbocycles. The largest absolute Gasteiger partial charge is 0.504 e. The molecule has 6 heteroatoms. The Morgan fingerprint density at radius 2 is 1.82 bits per heavy atom. The summed E-state index contributed by atoms with van der Waals surface area (Å²) < 4.78 is 21.3. The van der Waals surface area contributed by atoms with Crippen LogP contribution >= 0.6 is 0 Å². The molecule has 118 valence electrons. The Hall–Kier alpha value is -2.63. The summed E-state index contributed by atoms with van der Waals surface area (Å²) in [5.74, 6) is 0.247. The molecule has 0 spiro atoms. The second-order valence-electron chi connectivity index (χ2n) is 4.45. The standard InChI is InChI=1S/C16H18O6/c1-5-21-11-8-6-7-10-12(11)14(22-9(2)17)16(20-4)15(19-3)13(10)18/h6-8,18H,5H2,1-4H3. The van der Waals surface area contributed by atoms with Gasteiger partial charge >= 0.3 is 5.97 Å². The highest BCUT2D eigenvalue weighted by atomic mass is 16.6. The average molecular weight is 306 g/mol. The third-order valence-electron chi connectivity index (χ3n) is 3.09. The zero-order valence-corrected chi connectivity index (χ0v) is 12.9. The van der Waals surface area contributed by atoms with Crippen LogP contribution in [0.2, 0.25) is 0 Å². The van der Waals surface area contributed by atoms with Gasteiger partial charge in [0, 0.05) is 12.3 Å². The maximum Gasteiger partial charge on any atom is 0.308 e. The molecule has 0 aliphatic rings. The van der Waals surface area contributed by atoms with E-state index in [2.05, 4.69) is 0 Å². The number of carbonyl (C=O) groups is 1. The number of aromatic hydroxyl groups is 1. The van der Waals surface area contributed by atoms with Crippen LogP contribution in [0, 0.1) is 0 Å². The van der Waals surface area contributed by atoms with Gasteiger partial charge in [-0.15, -0.1) is 0 Å². The van der Waals surface area contributed by atoms with E-state index >= 15 is 0 Å². The van der Waals surface area contributed by atoms with Crippen molar-refractivity contribution in [2.24, 2.45) is 0 Å². The SMILES string of the molecule is CCOc1cccc2c(O)c(OC)c(OC)c(OC(C)=O)c12. The molecule has 2 rings (SSSR count). The number of phenols is 1. The molecule has 0 heterocycles. The molecule has 0 atom stereocenters. The fourth-order valence-electron chi connectivity index (χ4n) is 2.30. The highest BCUT2D eigenvalue weighted by Gasteiger charge is 2.25.